The maximum Gasteiger partial charge on any atom is 0.310 e. The zero-order chi connectivity index (χ0) is 13.7. The molecule has 0 saturated heterocycles. The van der Waals surface area contributed by atoms with Gasteiger partial charge < -0.3 is 4.74 Å². The summed E-state index contributed by atoms with van der Waals surface area (Å²) in [5.41, 5.74) is 2.18. The summed E-state index contributed by atoms with van der Waals surface area (Å²) in [6, 6.07) is 6.13. The maximum absolute atomic E-state index is 11.5. The van der Waals surface area contributed by atoms with Crippen molar-refractivity contribution in [2.24, 2.45) is 0 Å². The third-order valence-electron chi connectivity index (χ3n) is 3.79. The molecule has 1 aromatic carbocycles. The van der Waals surface area contributed by atoms with Crippen molar-refractivity contribution in [3.8, 4) is 0 Å². The molecule has 0 aromatic heterocycles. The molecule has 1 aliphatic rings. The van der Waals surface area contributed by atoms with Crippen molar-refractivity contribution in [1.29, 1.82) is 0 Å². The molecule has 0 spiro atoms. The van der Waals surface area contributed by atoms with Crippen LogP contribution in [0, 0.1) is 0 Å². The van der Waals surface area contributed by atoms with E-state index in [1.807, 2.05) is 19.1 Å². The first-order valence-electron chi connectivity index (χ1n) is 7.14. The van der Waals surface area contributed by atoms with Gasteiger partial charge in [0.15, 0.2) is 0 Å². The van der Waals surface area contributed by atoms with Crippen LogP contribution in [0.1, 0.15) is 56.1 Å². The lowest BCUT2D eigenvalue weighted by Crippen LogP contribution is -2.09. The minimum Gasteiger partial charge on any atom is -0.466 e. The van der Waals surface area contributed by atoms with Gasteiger partial charge in [0.2, 0.25) is 0 Å². The number of esters is 1. The highest BCUT2D eigenvalue weighted by Gasteiger charge is 2.17. The molecule has 0 bridgehead atoms. The highest BCUT2D eigenvalue weighted by molar-refractivity contribution is 6.31. The van der Waals surface area contributed by atoms with Gasteiger partial charge in [-0.25, -0.2) is 0 Å². The Morgan fingerprint density at radius 2 is 2.05 bits per heavy atom. The maximum atomic E-state index is 11.5. The molecule has 1 saturated carbocycles. The smallest absolute Gasteiger partial charge is 0.310 e. The molecule has 0 heterocycles. The lowest BCUT2D eigenvalue weighted by atomic mass is 9.84. The standard InChI is InChI=1S/C16H21ClO2/c1-2-19-16(18)11-14-9-8-13(10-15(14)17)12-6-4-3-5-7-12/h8-10,12H,2-7,11H2,1H3. The fraction of sp³-hybridized carbons (Fsp3) is 0.562. The second-order valence-electron chi connectivity index (χ2n) is 5.17. The quantitative estimate of drug-likeness (QED) is 0.760. The summed E-state index contributed by atoms with van der Waals surface area (Å²) in [6.07, 6.45) is 6.75. The van der Waals surface area contributed by atoms with Gasteiger partial charge in [0.05, 0.1) is 13.0 Å². The number of benzene rings is 1. The SMILES string of the molecule is CCOC(=O)Cc1ccc(C2CCCCC2)cc1Cl. The van der Waals surface area contributed by atoms with Crippen LogP contribution in [0.4, 0.5) is 0 Å². The van der Waals surface area contributed by atoms with Gasteiger partial charge in [-0.15, -0.1) is 0 Å². The highest BCUT2D eigenvalue weighted by Crippen LogP contribution is 2.34. The van der Waals surface area contributed by atoms with Gasteiger partial charge >= 0.3 is 5.97 Å². The number of hydrogen-bond acceptors (Lipinski definition) is 2. The highest BCUT2D eigenvalue weighted by atomic mass is 35.5. The number of ether oxygens (including phenoxy) is 1. The lowest BCUT2D eigenvalue weighted by molar-refractivity contribution is -0.142. The summed E-state index contributed by atoms with van der Waals surface area (Å²) in [5, 5.41) is 0.691. The van der Waals surface area contributed by atoms with E-state index in [0.717, 1.165) is 5.56 Å². The van der Waals surface area contributed by atoms with E-state index in [4.69, 9.17) is 16.3 Å². The molecule has 2 nitrogen and oxygen atoms in total. The van der Waals surface area contributed by atoms with E-state index in [1.165, 1.54) is 37.7 Å². The Labute approximate surface area is 120 Å². The first kappa shape index (κ1) is 14.4. The molecule has 0 atom stereocenters. The number of carbonyl (C=O) groups is 1. The van der Waals surface area contributed by atoms with Crippen molar-refractivity contribution in [3.63, 3.8) is 0 Å². The van der Waals surface area contributed by atoms with Crippen LogP contribution in [-0.2, 0) is 16.0 Å². The fourth-order valence-electron chi connectivity index (χ4n) is 2.76. The first-order valence-corrected chi connectivity index (χ1v) is 7.52. The van der Waals surface area contributed by atoms with Crippen molar-refractivity contribution in [2.75, 3.05) is 6.61 Å². The zero-order valence-electron chi connectivity index (χ0n) is 11.5. The van der Waals surface area contributed by atoms with Gasteiger partial charge in [0, 0.05) is 5.02 Å². The van der Waals surface area contributed by atoms with E-state index in [-0.39, 0.29) is 12.4 Å². The third-order valence-corrected chi connectivity index (χ3v) is 4.15. The normalized spacial score (nSPS) is 16.3. The molecule has 19 heavy (non-hydrogen) atoms. The minimum atomic E-state index is -0.213. The van der Waals surface area contributed by atoms with Gasteiger partial charge in [-0.2, -0.15) is 0 Å². The van der Waals surface area contributed by atoms with E-state index in [1.54, 1.807) is 0 Å². The summed E-state index contributed by atoms with van der Waals surface area (Å²) in [4.78, 5) is 11.5. The van der Waals surface area contributed by atoms with E-state index in [0.29, 0.717) is 17.5 Å². The number of hydrogen-bond donors (Lipinski definition) is 0. The molecule has 2 rings (SSSR count). The predicted octanol–water partition coefficient (Wildman–Crippen LogP) is 4.49. The Kier molecular flexibility index (Phi) is 5.26. The Hall–Kier alpha value is -1.02. The number of halogens is 1. The van der Waals surface area contributed by atoms with Crippen LogP contribution in [0.2, 0.25) is 5.02 Å². The van der Waals surface area contributed by atoms with Crippen molar-refractivity contribution in [3.05, 3.63) is 34.3 Å². The largest absolute Gasteiger partial charge is 0.466 e. The number of rotatable bonds is 4. The van der Waals surface area contributed by atoms with Gasteiger partial charge in [0.1, 0.15) is 0 Å². The van der Waals surface area contributed by atoms with Gasteiger partial charge in [0.25, 0.3) is 0 Å². The molecule has 0 N–H and O–H groups in total. The van der Waals surface area contributed by atoms with Gasteiger partial charge in [-0.1, -0.05) is 43.0 Å². The van der Waals surface area contributed by atoms with Crippen LogP contribution in [0.15, 0.2) is 18.2 Å². The molecule has 0 radical (unpaired) electrons. The Morgan fingerprint density at radius 1 is 1.32 bits per heavy atom. The summed E-state index contributed by atoms with van der Waals surface area (Å²) < 4.78 is 4.95. The van der Waals surface area contributed by atoms with Crippen molar-refractivity contribution < 1.29 is 9.53 Å². The van der Waals surface area contributed by atoms with Crippen LogP contribution in [0.3, 0.4) is 0 Å². The molecule has 0 aliphatic heterocycles. The van der Waals surface area contributed by atoms with Crippen LogP contribution in [-0.4, -0.2) is 12.6 Å². The van der Waals surface area contributed by atoms with Crippen LogP contribution in [0.25, 0.3) is 0 Å². The van der Waals surface area contributed by atoms with E-state index in [9.17, 15) is 4.79 Å². The summed E-state index contributed by atoms with van der Waals surface area (Å²) in [7, 11) is 0. The third kappa shape index (κ3) is 3.97. The molecule has 0 amide bonds. The van der Waals surface area contributed by atoms with Crippen LogP contribution >= 0.6 is 11.6 Å². The summed E-state index contributed by atoms with van der Waals surface area (Å²) >= 11 is 6.29. The molecule has 3 heteroatoms. The van der Waals surface area contributed by atoms with Crippen LogP contribution < -0.4 is 0 Å². The Balaban J connectivity index is 2.05. The summed E-state index contributed by atoms with van der Waals surface area (Å²) in [5.74, 6) is 0.428. The van der Waals surface area contributed by atoms with Gasteiger partial charge in [-0.3, -0.25) is 4.79 Å². The Morgan fingerprint density at radius 3 is 2.68 bits per heavy atom. The van der Waals surface area contributed by atoms with E-state index < -0.39 is 0 Å². The monoisotopic (exact) mass is 280 g/mol. The summed E-state index contributed by atoms with van der Waals surface area (Å²) in [6.45, 7) is 2.22. The van der Waals surface area contributed by atoms with Crippen molar-refractivity contribution in [1.82, 2.24) is 0 Å². The molecule has 1 aromatic rings. The number of carbonyl (C=O) groups excluding carboxylic acids is 1. The molecule has 1 aliphatic carbocycles. The zero-order valence-corrected chi connectivity index (χ0v) is 12.2. The predicted molar refractivity (Wildman–Crippen MR) is 77.6 cm³/mol. The van der Waals surface area contributed by atoms with Crippen molar-refractivity contribution >= 4 is 17.6 Å². The first-order chi connectivity index (χ1) is 9.20. The lowest BCUT2D eigenvalue weighted by Gasteiger charge is -2.22. The molecule has 104 valence electrons. The second kappa shape index (κ2) is 6.95. The van der Waals surface area contributed by atoms with Crippen molar-refractivity contribution in [2.45, 2.75) is 51.4 Å². The molecule has 0 unspecified atom stereocenters. The molecular formula is C16H21ClO2. The minimum absolute atomic E-state index is 0.213. The van der Waals surface area contributed by atoms with Crippen LogP contribution in [0.5, 0.6) is 0 Å². The van der Waals surface area contributed by atoms with Gasteiger partial charge in [-0.05, 0) is 42.9 Å². The van der Waals surface area contributed by atoms with E-state index >= 15 is 0 Å². The second-order valence-corrected chi connectivity index (χ2v) is 5.57. The topological polar surface area (TPSA) is 26.3 Å². The fourth-order valence-corrected chi connectivity index (χ4v) is 3.02. The molecule has 1 fully saturated rings. The average molecular weight is 281 g/mol. The van der Waals surface area contributed by atoms with E-state index in [2.05, 4.69) is 6.07 Å². The Bertz CT molecular complexity index is 436. The molecular weight excluding hydrogens is 260 g/mol. The average Bonchev–Trinajstić information content (AvgIpc) is 2.42.